The van der Waals surface area contributed by atoms with Crippen LogP contribution in [0.1, 0.15) is 38.1 Å². The molecule has 5 aromatic rings. The molecule has 0 unspecified atom stereocenters. The van der Waals surface area contributed by atoms with Crippen LogP contribution in [0.15, 0.2) is 42.9 Å². The maximum absolute atomic E-state index is 15.4. The molecule has 1 fully saturated rings. The van der Waals surface area contributed by atoms with Crippen molar-refractivity contribution in [2.75, 3.05) is 12.4 Å². The van der Waals surface area contributed by atoms with E-state index in [2.05, 4.69) is 39.1 Å². The van der Waals surface area contributed by atoms with Crippen molar-refractivity contribution in [1.82, 2.24) is 24.9 Å². The molecule has 1 saturated carbocycles. The number of fused-ring (bicyclic) bond motifs is 2. The molecular formula is C30H29FN6O4S. The van der Waals surface area contributed by atoms with E-state index in [1.807, 2.05) is 19.1 Å². The summed E-state index contributed by atoms with van der Waals surface area (Å²) in [7, 11) is 1.55. The Bertz CT molecular complexity index is 1810. The number of thiazole rings is 1. The molecule has 0 spiro atoms. The number of hydrogen-bond acceptors (Lipinski definition) is 10. The fraction of sp³-hybridized carbons (Fsp3) is 0.333. The molecular weight excluding hydrogens is 559 g/mol. The Hall–Kier alpha value is -4.45. The summed E-state index contributed by atoms with van der Waals surface area (Å²) >= 11 is 1.41. The first kappa shape index (κ1) is 27.7. The summed E-state index contributed by atoms with van der Waals surface area (Å²) in [4.78, 5) is 34.6. The van der Waals surface area contributed by atoms with E-state index >= 15 is 4.39 Å². The van der Waals surface area contributed by atoms with Crippen molar-refractivity contribution in [2.45, 2.75) is 52.7 Å². The van der Waals surface area contributed by atoms with Gasteiger partial charge in [0.1, 0.15) is 23.0 Å². The molecule has 2 atom stereocenters. The van der Waals surface area contributed by atoms with Gasteiger partial charge in [-0.3, -0.25) is 5.32 Å². The molecule has 1 amide bonds. The van der Waals surface area contributed by atoms with Crippen molar-refractivity contribution in [2.24, 2.45) is 5.41 Å². The van der Waals surface area contributed by atoms with Gasteiger partial charge < -0.3 is 14.2 Å². The van der Waals surface area contributed by atoms with Gasteiger partial charge in [-0.15, -0.1) is 11.3 Å². The summed E-state index contributed by atoms with van der Waals surface area (Å²) in [6.45, 7) is 7.86. The van der Waals surface area contributed by atoms with E-state index in [0.717, 1.165) is 15.8 Å². The van der Waals surface area contributed by atoms with Gasteiger partial charge in [-0.25, -0.2) is 34.1 Å². The number of aryl methyl sites for hydroxylation is 2. The number of amides is 1. The predicted octanol–water partition coefficient (Wildman–Crippen LogP) is 6.65. The number of aromatic nitrogens is 5. The van der Waals surface area contributed by atoms with Gasteiger partial charge in [0, 0.05) is 17.7 Å². The number of nitrogens with zero attached hydrogens (tertiary/aromatic N) is 5. The zero-order valence-electron chi connectivity index (χ0n) is 23.8. The first-order chi connectivity index (χ1) is 20.1. The number of methoxy groups -OCH3 is 1. The zero-order valence-corrected chi connectivity index (χ0v) is 24.6. The Kier molecular flexibility index (Phi) is 7.09. The summed E-state index contributed by atoms with van der Waals surface area (Å²) in [6.07, 6.45) is 3.97. The van der Waals surface area contributed by atoms with E-state index in [1.165, 1.54) is 29.8 Å². The van der Waals surface area contributed by atoms with Gasteiger partial charge in [0.25, 0.3) is 0 Å². The molecule has 0 aliphatic heterocycles. The van der Waals surface area contributed by atoms with E-state index in [1.54, 1.807) is 26.3 Å². The van der Waals surface area contributed by atoms with Crippen LogP contribution in [0.5, 0.6) is 11.6 Å². The number of halogens is 1. The van der Waals surface area contributed by atoms with E-state index < -0.39 is 24.1 Å². The Morgan fingerprint density at radius 1 is 1.00 bits per heavy atom. The zero-order chi connectivity index (χ0) is 29.6. The van der Waals surface area contributed by atoms with Crippen LogP contribution in [0.3, 0.4) is 0 Å². The fourth-order valence-electron chi connectivity index (χ4n) is 5.22. The van der Waals surface area contributed by atoms with Gasteiger partial charge in [-0.1, -0.05) is 13.8 Å². The third kappa shape index (κ3) is 5.67. The van der Waals surface area contributed by atoms with Crippen molar-refractivity contribution in [3.63, 3.8) is 0 Å². The summed E-state index contributed by atoms with van der Waals surface area (Å²) in [5.41, 5.74) is 3.92. The van der Waals surface area contributed by atoms with E-state index in [0.29, 0.717) is 51.8 Å². The first-order valence-electron chi connectivity index (χ1n) is 13.4. The standard InChI is InChI=1S/C30H29FN6O4S/c1-15-6-18(27-21(7-15)36-26(39-5)14-34-27)28-37-20-8-19(31)22(9-25(20)42-28)40-23-10-30(3,4)11-24(23)41-29(38)35-17-12-32-16(2)33-13-17/h6-9,12-14,23-24H,10-11H2,1-5H3,(H,35,38)/t23-,24+/m0/s1. The molecule has 1 aliphatic carbocycles. The smallest absolute Gasteiger partial charge is 0.412 e. The number of carbonyl (C=O) groups is 1. The summed E-state index contributed by atoms with van der Waals surface area (Å²) in [6, 6.07) is 6.96. The molecule has 1 N–H and O–H groups in total. The number of anilines is 1. The van der Waals surface area contributed by atoms with Gasteiger partial charge in [-0.2, -0.15) is 0 Å². The molecule has 42 heavy (non-hydrogen) atoms. The van der Waals surface area contributed by atoms with Crippen molar-refractivity contribution in [1.29, 1.82) is 0 Å². The number of rotatable bonds is 6. The summed E-state index contributed by atoms with van der Waals surface area (Å²) < 4.78 is 33.3. The molecule has 6 rings (SSSR count). The third-order valence-corrected chi connectivity index (χ3v) is 8.19. The molecule has 0 saturated heterocycles. The predicted molar refractivity (Wildman–Crippen MR) is 157 cm³/mol. The maximum Gasteiger partial charge on any atom is 0.412 e. The quantitative estimate of drug-likeness (QED) is 0.232. The lowest BCUT2D eigenvalue weighted by atomic mass is 9.92. The highest BCUT2D eigenvalue weighted by atomic mass is 32.1. The van der Waals surface area contributed by atoms with Crippen LogP contribution in [-0.4, -0.2) is 50.3 Å². The molecule has 3 heterocycles. The second-order valence-electron chi connectivity index (χ2n) is 11.2. The molecule has 3 aromatic heterocycles. The van der Waals surface area contributed by atoms with E-state index in [4.69, 9.17) is 19.2 Å². The lowest BCUT2D eigenvalue weighted by Gasteiger charge is -2.21. The average molecular weight is 589 g/mol. The monoisotopic (exact) mass is 588 g/mol. The van der Waals surface area contributed by atoms with Crippen LogP contribution in [0.2, 0.25) is 0 Å². The number of hydrogen-bond donors (Lipinski definition) is 1. The van der Waals surface area contributed by atoms with Gasteiger partial charge in [0.05, 0.1) is 52.6 Å². The molecule has 1 aliphatic rings. The Balaban J connectivity index is 1.26. The second kappa shape index (κ2) is 10.8. The van der Waals surface area contributed by atoms with Crippen molar-refractivity contribution < 1.29 is 23.4 Å². The Morgan fingerprint density at radius 2 is 1.76 bits per heavy atom. The number of carbonyl (C=O) groups excluding carboxylic acids is 1. The number of nitrogens with one attached hydrogen (secondary N) is 1. The van der Waals surface area contributed by atoms with Gasteiger partial charge in [0.2, 0.25) is 5.88 Å². The van der Waals surface area contributed by atoms with Gasteiger partial charge >= 0.3 is 6.09 Å². The van der Waals surface area contributed by atoms with E-state index in [9.17, 15) is 4.79 Å². The first-order valence-corrected chi connectivity index (χ1v) is 14.2. The minimum absolute atomic E-state index is 0.0833. The average Bonchev–Trinajstić information content (AvgIpc) is 3.47. The minimum atomic E-state index is -0.645. The van der Waals surface area contributed by atoms with Gasteiger partial charge in [0.15, 0.2) is 11.6 Å². The molecule has 216 valence electrons. The fourth-order valence-corrected chi connectivity index (χ4v) is 6.21. The summed E-state index contributed by atoms with van der Waals surface area (Å²) in [5.74, 6) is 0.558. The Labute approximate surface area is 245 Å². The van der Waals surface area contributed by atoms with Crippen LogP contribution in [0, 0.1) is 25.1 Å². The topological polar surface area (TPSA) is 121 Å². The minimum Gasteiger partial charge on any atom is -0.483 e. The number of ether oxygens (including phenoxy) is 3. The highest BCUT2D eigenvalue weighted by molar-refractivity contribution is 7.21. The summed E-state index contributed by atoms with van der Waals surface area (Å²) in [5, 5.41) is 3.34. The molecule has 12 heteroatoms. The normalized spacial score (nSPS) is 17.9. The van der Waals surface area contributed by atoms with Gasteiger partial charge in [-0.05, 0) is 49.8 Å². The molecule has 0 bridgehead atoms. The van der Waals surface area contributed by atoms with Crippen LogP contribution >= 0.6 is 11.3 Å². The lowest BCUT2D eigenvalue weighted by molar-refractivity contribution is 0.0399. The second-order valence-corrected chi connectivity index (χ2v) is 12.2. The largest absolute Gasteiger partial charge is 0.483 e. The highest BCUT2D eigenvalue weighted by Crippen LogP contribution is 2.42. The Morgan fingerprint density at radius 3 is 2.52 bits per heavy atom. The van der Waals surface area contributed by atoms with Crippen molar-refractivity contribution >= 4 is 44.4 Å². The van der Waals surface area contributed by atoms with Crippen LogP contribution < -0.4 is 14.8 Å². The van der Waals surface area contributed by atoms with E-state index in [-0.39, 0.29) is 11.2 Å². The SMILES string of the molecule is COc1cnc2c(-c3nc4cc(F)c(O[C@H]5CC(C)(C)C[C@H]5OC(=O)Nc5cnc(C)nc5)cc4s3)cc(C)cc2n1. The molecule has 2 aromatic carbocycles. The third-order valence-electron chi connectivity index (χ3n) is 7.14. The molecule has 10 nitrogen and oxygen atoms in total. The van der Waals surface area contributed by atoms with Crippen LogP contribution in [0.25, 0.3) is 31.8 Å². The van der Waals surface area contributed by atoms with Crippen LogP contribution in [-0.2, 0) is 4.74 Å². The van der Waals surface area contributed by atoms with Crippen LogP contribution in [0.4, 0.5) is 14.9 Å². The van der Waals surface area contributed by atoms with Crippen molar-refractivity contribution in [3.05, 3.63) is 60.1 Å². The molecule has 0 radical (unpaired) electrons. The maximum atomic E-state index is 15.4. The highest BCUT2D eigenvalue weighted by Gasteiger charge is 2.43. The van der Waals surface area contributed by atoms with Crippen molar-refractivity contribution in [3.8, 4) is 22.2 Å². The number of benzene rings is 2. The lowest BCUT2D eigenvalue weighted by Crippen LogP contribution is -2.32.